The molecule has 1 saturated carbocycles. The van der Waals surface area contributed by atoms with Crippen molar-refractivity contribution in [2.45, 2.75) is 69.7 Å². The fourth-order valence-electron chi connectivity index (χ4n) is 6.18. The number of fused-ring (bicyclic) bond motifs is 1. The Bertz CT molecular complexity index is 869. The molecule has 1 heterocycles. The maximum Gasteiger partial charge on any atom is 0.139 e. The molecule has 2 aromatic carbocycles. The highest BCUT2D eigenvalue weighted by Gasteiger charge is 2.51. The molecule has 3 heteroatoms. The van der Waals surface area contributed by atoms with Gasteiger partial charge in [0, 0.05) is 17.1 Å². The van der Waals surface area contributed by atoms with Crippen molar-refractivity contribution in [1.82, 2.24) is 5.32 Å². The van der Waals surface area contributed by atoms with Gasteiger partial charge in [-0.2, -0.15) is 0 Å². The molecule has 0 radical (unpaired) electrons. The van der Waals surface area contributed by atoms with E-state index >= 15 is 0 Å². The number of phenols is 1. The van der Waals surface area contributed by atoms with Gasteiger partial charge in [0.1, 0.15) is 5.75 Å². The molecule has 3 nitrogen and oxygen atoms in total. The van der Waals surface area contributed by atoms with E-state index in [1.165, 1.54) is 48.8 Å². The van der Waals surface area contributed by atoms with Crippen molar-refractivity contribution < 1.29 is 5.11 Å². The third-order valence-electron chi connectivity index (χ3n) is 7.62. The quantitative estimate of drug-likeness (QED) is 0.611. The summed E-state index contributed by atoms with van der Waals surface area (Å²) < 4.78 is 0. The van der Waals surface area contributed by atoms with Crippen LogP contribution in [0.5, 0.6) is 5.75 Å². The number of aromatic hydroxyl groups is 1. The molecule has 0 spiro atoms. The van der Waals surface area contributed by atoms with Crippen LogP contribution in [0.15, 0.2) is 36.4 Å². The van der Waals surface area contributed by atoms with Gasteiger partial charge in [-0.05, 0) is 85.0 Å². The predicted molar refractivity (Wildman–Crippen MR) is 116 cm³/mol. The van der Waals surface area contributed by atoms with Crippen molar-refractivity contribution in [3.63, 3.8) is 0 Å². The summed E-state index contributed by atoms with van der Waals surface area (Å²) >= 11 is 0. The van der Waals surface area contributed by atoms with Crippen LogP contribution in [0.1, 0.15) is 68.6 Å². The molecule has 5 rings (SSSR count). The third-order valence-corrected chi connectivity index (χ3v) is 7.62. The molecule has 3 atom stereocenters. The van der Waals surface area contributed by atoms with Crippen LogP contribution < -0.4 is 10.6 Å². The first kappa shape index (κ1) is 18.1. The first-order valence-corrected chi connectivity index (χ1v) is 11.0. The number of anilines is 2. The zero-order chi connectivity index (χ0) is 19.3. The topological polar surface area (TPSA) is 44.3 Å². The monoisotopic (exact) mass is 376 g/mol. The lowest BCUT2D eigenvalue weighted by Crippen LogP contribution is -2.59. The van der Waals surface area contributed by atoms with Crippen LogP contribution in [0.3, 0.4) is 0 Å². The molecule has 28 heavy (non-hydrogen) atoms. The van der Waals surface area contributed by atoms with Crippen LogP contribution in [0.4, 0.5) is 11.4 Å². The largest absolute Gasteiger partial charge is 0.506 e. The van der Waals surface area contributed by atoms with E-state index in [-0.39, 0.29) is 5.41 Å². The average Bonchev–Trinajstić information content (AvgIpc) is 2.70. The first-order chi connectivity index (χ1) is 13.6. The second-order valence-corrected chi connectivity index (χ2v) is 9.45. The standard InChI is InChI=1S/C25H32N2O/c1-16(2)17-6-8-19(9-7-17)27-23-14-18-13-22-20-5-3-4-10-25(20,11-12-26-22)21(18)15-24(23)28/h6-9,14-16,20,22,26-28H,3-5,10-13H2,1-2H3/t20-,22+,25+/m0/s1. The summed E-state index contributed by atoms with van der Waals surface area (Å²) in [5, 5.41) is 18.1. The SMILES string of the molecule is CC(C)c1ccc(Nc2cc3c(cc2O)[C@@]24CCCC[C@H]2[C@@H](C3)NCC4)cc1. The Kier molecular flexibility index (Phi) is 4.39. The zero-order valence-electron chi connectivity index (χ0n) is 17.1. The van der Waals surface area contributed by atoms with E-state index in [0.29, 0.717) is 17.7 Å². The van der Waals surface area contributed by atoms with Crippen molar-refractivity contribution in [2.24, 2.45) is 5.92 Å². The van der Waals surface area contributed by atoms with E-state index in [9.17, 15) is 5.11 Å². The minimum Gasteiger partial charge on any atom is -0.506 e. The molecular weight excluding hydrogens is 344 g/mol. The lowest BCUT2D eigenvalue weighted by molar-refractivity contribution is 0.0796. The number of hydrogen-bond donors (Lipinski definition) is 3. The van der Waals surface area contributed by atoms with Crippen molar-refractivity contribution >= 4 is 11.4 Å². The van der Waals surface area contributed by atoms with Gasteiger partial charge in [-0.3, -0.25) is 0 Å². The highest BCUT2D eigenvalue weighted by atomic mass is 16.3. The lowest BCUT2D eigenvalue weighted by Gasteiger charge is -2.56. The van der Waals surface area contributed by atoms with Crippen molar-refractivity contribution in [3.05, 3.63) is 53.1 Å². The number of benzene rings is 2. The van der Waals surface area contributed by atoms with E-state index < -0.39 is 0 Å². The molecule has 1 saturated heterocycles. The Morgan fingerprint density at radius 2 is 1.93 bits per heavy atom. The Balaban J connectivity index is 1.49. The highest BCUT2D eigenvalue weighted by molar-refractivity contribution is 5.69. The third kappa shape index (κ3) is 2.83. The van der Waals surface area contributed by atoms with Gasteiger partial charge in [0.15, 0.2) is 0 Å². The van der Waals surface area contributed by atoms with Gasteiger partial charge < -0.3 is 15.7 Å². The van der Waals surface area contributed by atoms with Gasteiger partial charge in [0.2, 0.25) is 0 Å². The second kappa shape index (κ2) is 6.81. The summed E-state index contributed by atoms with van der Waals surface area (Å²) in [7, 11) is 0. The number of phenolic OH excluding ortho intramolecular Hbond substituents is 1. The lowest BCUT2D eigenvalue weighted by atomic mass is 9.53. The van der Waals surface area contributed by atoms with Gasteiger partial charge >= 0.3 is 0 Å². The van der Waals surface area contributed by atoms with E-state index in [0.717, 1.165) is 30.3 Å². The number of nitrogens with one attached hydrogen (secondary N) is 2. The van der Waals surface area contributed by atoms with Crippen molar-refractivity contribution in [2.75, 3.05) is 11.9 Å². The molecule has 0 unspecified atom stereocenters. The minimum atomic E-state index is 0.288. The molecule has 0 amide bonds. The van der Waals surface area contributed by atoms with Crippen LogP contribution in [0, 0.1) is 5.92 Å². The summed E-state index contributed by atoms with van der Waals surface area (Å²) in [5.41, 5.74) is 6.35. The van der Waals surface area contributed by atoms with Crippen molar-refractivity contribution in [3.8, 4) is 5.75 Å². The maximum atomic E-state index is 10.9. The van der Waals surface area contributed by atoms with Gasteiger partial charge in [-0.15, -0.1) is 0 Å². The Hall–Kier alpha value is -2.00. The molecule has 0 aromatic heterocycles. The Labute approximate surface area is 168 Å². The van der Waals surface area contributed by atoms with Crippen molar-refractivity contribution in [1.29, 1.82) is 0 Å². The number of rotatable bonds is 3. The average molecular weight is 377 g/mol. The fourth-order valence-corrected chi connectivity index (χ4v) is 6.18. The van der Waals surface area contributed by atoms with Gasteiger partial charge in [0.25, 0.3) is 0 Å². The minimum absolute atomic E-state index is 0.288. The zero-order valence-corrected chi connectivity index (χ0v) is 17.1. The Morgan fingerprint density at radius 3 is 2.71 bits per heavy atom. The highest BCUT2D eigenvalue weighted by Crippen LogP contribution is 2.55. The summed E-state index contributed by atoms with van der Waals surface area (Å²) in [4.78, 5) is 0. The fraction of sp³-hybridized carbons (Fsp3) is 0.520. The van der Waals surface area contributed by atoms with E-state index in [1.807, 2.05) is 0 Å². The molecule has 2 aromatic rings. The van der Waals surface area contributed by atoms with Gasteiger partial charge in [-0.25, -0.2) is 0 Å². The second-order valence-electron chi connectivity index (χ2n) is 9.45. The predicted octanol–water partition coefficient (Wildman–Crippen LogP) is 5.61. The van der Waals surface area contributed by atoms with Gasteiger partial charge in [0.05, 0.1) is 5.69 Å². The van der Waals surface area contributed by atoms with E-state index in [2.05, 4.69) is 60.9 Å². The normalized spacial score (nSPS) is 28.5. The Morgan fingerprint density at radius 1 is 1.11 bits per heavy atom. The number of hydrogen-bond acceptors (Lipinski definition) is 3. The molecule has 2 aliphatic carbocycles. The summed E-state index contributed by atoms with van der Waals surface area (Å²) in [6.45, 7) is 5.53. The number of piperidine rings is 1. The molecule has 2 fully saturated rings. The molecular formula is C25H32N2O. The maximum absolute atomic E-state index is 10.9. The van der Waals surface area contributed by atoms with E-state index in [1.54, 1.807) is 0 Å². The summed E-state index contributed by atoms with van der Waals surface area (Å²) in [6.07, 6.45) is 7.60. The van der Waals surface area contributed by atoms with Crippen LogP contribution in [-0.4, -0.2) is 17.7 Å². The smallest absolute Gasteiger partial charge is 0.139 e. The van der Waals surface area contributed by atoms with Crippen LogP contribution >= 0.6 is 0 Å². The summed E-state index contributed by atoms with van der Waals surface area (Å²) in [5.74, 6) is 1.66. The van der Waals surface area contributed by atoms with Crippen LogP contribution in [0.2, 0.25) is 0 Å². The van der Waals surface area contributed by atoms with Gasteiger partial charge in [-0.1, -0.05) is 38.8 Å². The molecule has 3 N–H and O–H groups in total. The van der Waals surface area contributed by atoms with Crippen LogP contribution in [-0.2, 0) is 11.8 Å². The van der Waals surface area contributed by atoms with Crippen LogP contribution in [0.25, 0.3) is 0 Å². The van der Waals surface area contributed by atoms with E-state index in [4.69, 9.17) is 0 Å². The molecule has 1 aliphatic heterocycles. The molecule has 148 valence electrons. The summed E-state index contributed by atoms with van der Waals surface area (Å²) in [6, 6.07) is 13.5. The molecule has 3 aliphatic rings. The first-order valence-electron chi connectivity index (χ1n) is 11.0. The molecule has 2 bridgehead atoms.